The monoisotopic (exact) mass is 273 g/mol. The maximum atomic E-state index is 12.0. The van der Waals surface area contributed by atoms with E-state index in [1.54, 1.807) is 13.0 Å². The first kappa shape index (κ1) is 14.2. The van der Waals surface area contributed by atoms with Crippen LogP contribution in [0.4, 0.5) is 0 Å². The molecule has 0 aliphatic heterocycles. The van der Waals surface area contributed by atoms with Crippen LogP contribution >= 0.6 is 0 Å². The highest BCUT2D eigenvalue weighted by Crippen LogP contribution is 2.07. The van der Waals surface area contributed by atoms with Crippen LogP contribution < -0.4 is 5.32 Å². The van der Waals surface area contributed by atoms with Crippen LogP contribution in [0.25, 0.3) is 0 Å². The zero-order valence-corrected chi connectivity index (χ0v) is 12.0. The van der Waals surface area contributed by atoms with E-state index in [2.05, 4.69) is 25.7 Å². The average Bonchev–Trinajstić information content (AvgIpc) is 2.83. The van der Waals surface area contributed by atoms with Crippen molar-refractivity contribution in [1.82, 2.24) is 25.7 Å². The zero-order chi connectivity index (χ0) is 14.5. The maximum Gasteiger partial charge on any atom is 0.253 e. The Morgan fingerprint density at radius 1 is 1.30 bits per heavy atom. The Morgan fingerprint density at radius 3 is 2.80 bits per heavy atom. The number of carbonyl (C=O) groups is 1. The first-order valence-corrected chi connectivity index (χ1v) is 6.66. The van der Waals surface area contributed by atoms with Crippen molar-refractivity contribution in [1.29, 1.82) is 0 Å². The Balaban J connectivity index is 1.83. The van der Waals surface area contributed by atoms with Crippen LogP contribution in [0.5, 0.6) is 0 Å². The summed E-state index contributed by atoms with van der Waals surface area (Å²) in [7, 11) is 0. The standard InChI is InChI=1S/C14H19N5O/c1-9-7-13(11(3)19-17-9)14(20)15-6-4-5-12-8-16-18-10(12)2/h7-8H,4-6H2,1-3H3,(H,15,20)(H,16,18). The molecule has 0 spiro atoms. The molecule has 0 saturated carbocycles. The van der Waals surface area contributed by atoms with Crippen molar-refractivity contribution in [3.8, 4) is 0 Å². The number of aromatic nitrogens is 4. The molecule has 6 nitrogen and oxygen atoms in total. The van der Waals surface area contributed by atoms with E-state index < -0.39 is 0 Å². The van der Waals surface area contributed by atoms with Crippen LogP contribution in [0.3, 0.4) is 0 Å². The van der Waals surface area contributed by atoms with Gasteiger partial charge in [-0.2, -0.15) is 15.3 Å². The summed E-state index contributed by atoms with van der Waals surface area (Å²) in [6.07, 6.45) is 3.61. The van der Waals surface area contributed by atoms with Crippen LogP contribution in [0.2, 0.25) is 0 Å². The van der Waals surface area contributed by atoms with Gasteiger partial charge in [0.05, 0.1) is 23.1 Å². The third-order valence-corrected chi connectivity index (χ3v) is 3.19. The minimum atomic E-state index is -0.0931. The summed E-state index contributed by atoms with van der Waals surface area (Å²) in [4.78, 5) is 12.0. The molecule has 0 saturated heterocycles. The van der Waals surface area contributed by atoms with Gasteiger partial charge in [-0.3, -0.25) is 9.89 Å². The van der Waals surface area contributed by atoms with E-state index in [1.807, 2.05) is 20.0 Å². The fourth-order valence-electron chi connectivity index (χ4n) is 1.98. The van der Waals surface area contributed by atoms with Gasteiger partial charge in [-0.1, -0.05) is 0 Å². The van der Waals surface area contributed by atoms with Crippen molar-refractivity contribution in [3.05, 3.63) is 40.5 Å². The highest BCUT2D eigenvalue weighted by Gasteiger charge is 2.10. The number of nitrogens with zero attached hydrogens (tertiary/aromatic N) is 3. The molecule has 1 amide bonds. The SMILES string of the molecule is Cc1cc(C(=O)NCCCc2cn[nH]c2C)c(C)nn1. The molecule has 0 aliphatic carbocycles. The number of aromatic amines is 1. The summed E-state index contributed by atoms with van der Waals surface area (Å²) in [6.45, 7) is 6.24. The molecule has 2 N–H and O–H groups in total. The number of H-pyrrole nitrogens is 1. The van der Waals surface area contributed by atoms with Gasteiger partial charge in [0.2, 0.25) is 0 Å². The number of carbonyl (C=O) groups excluding carboxylic acids is 1. The summed E-state index contributed by atoms with van der Waals surface area (Å²) < 4.78 is 0. The second kappa shape index (κ2) is 6.27. The van der Waals surface area contributed by atoms with Crippen LogP contribution in [0.1, 0.15) is 39.4 Å². The molecule has 0 atom stereocenters. The Kier molecular flexibility index (Phi) is 4.45. The molecule has 2 rings (SSSR count). The van der Waals surface area contributed by atoms with Gasteiger partial charge in [0.15, 0.2) is 0 Å². The minimum Gasteiger partial charge on any atom is -0.352 e. The van der Waals surface area contributed by atoms with Crippen molar-refractivity contribution in [2.45, 2.75) is 33.6 Å². The molecular weight excluding hydrogens is 254 g/mol. The first-order chi connectivity index (χ1) is 9.58. The molecule has 0 unspecified atom stereocenters. The van der Waals surface area contributed by atoms with Gasteiger partial charge >= 0.3 is 0 Å². The third kappa shape index (κ3) is 3.40. The lowest BCUT2D eigenvalue weighted by atomic mass is 10.1. The van der Waals surface area contributed by atoms with E-state index in [4.69, 9.17) is 0 Å². The van der Waals surface area contributed by atoms with E-state index in [-0.39, 0.29) is 5.91 Å². The molecule has 0 fully saturated rings. The number of rotatable bonds is 5. The van der Waals surface area contributed by atoms with E-state index >= 15 is 0 Å². The topological polar surface area (TPSA) is 83.6 Å². The second-order valence-electron chi connectivity index (χ2n) is 4.86. The summed E-state index contributed by atoms with van der Waals surface area (Å²) in [5, 5.41) is 17.7. The average molecular weight is 273 g/mol. The highest BCUT2D eigenvalue weighted by molar-refractivity contribution is 5.95. The summed E-state index contributed by atoms with van der Waals surface area (Å²) >= 11 is 0. The number of aryl methyl sites for hydroxylation is 4. The zero-order valence-electron chi connectivity index (χ0n) is 12.0. The lowest BCUT2D eigenvalue weighted by Gasteiger charge is -2.07. The number of amides is 1. The lowest BCUT2D eigenvalue weighted by Crippen LogP contribution is -2.26. The van der Waals surface area contributed by atoms with Crippen molar-refractivity contribution in [2.75, 3.05) is 6.54 Å². The molecule has 0 radical (unpaired) electrons. The summed E-state index contributed by atoms with van der Waals surface area (Å²) in [5.74, 6) is -0.0931. The van der Waals surface area contributed by atoms with Crippen molar-refractivity contribution < 1.29 is 4.79 Å². The van der Waals surface area contributed by atoms with Gasteiger partial charge < -0.3 is 5.32 Å². The van der Waals surface area contributed by atoms with Crippen LogP contribution in [-0.4, -0.2) is 32.8 Å². The molecule has 20 heavy (non-hydrogen) atoms. The number of hydrogen-bond donors (Lipinski definition) is 2. The third-order valence-electron chi connectivity index (χ3n) is 3.19. The summed E-state index contributed by atoms with van der Waals surface area (Å²) in [6, 6.07) is 1.76. The van der Waals surface area contributed by atoms with Gasteiger partial charge in [0.1, 0.15) is 0 Å². The van der Waals surface area contributed by atoms with Crippen molar-refractivity contribution in [3.63, 3.8) is 0 Å². The van der Waals surface area contributed by atoms with Gasteiger partial charge in [-0.05, 0) is 45.2 Å². The number of hydrogen-bond acceptors (Lipinski definition) is 4. The molecule has 2 aromatic rings. The Morgan fingerprint density at radius 2 is 2.10 bits per heavy atom. The lowest BCUT2D eigenvalue weighted by molar-refractivity contribution is 0.0952. The van der Waals surface area contributed by atoms with E-state index in [1.165, 1.54) is 5.56 Å². The fraction of sp³-hybridized carbons (Fsp3) is 0.429. The first-order valence-electron chi connectivity index (χ1n) is 6.66. The van der Waals surface area contributed by atoms with Crippen LogP contribution in [0, 0.1) is 20.8 Å². The fourth-order valence-corrected chi connectivity index (χ4v) is 1.98. The van der Waals surface area contributed by atoms with E-state index in [0.717, 1.165) is 24.2 Å². The Labute approximate surface area is 118 Å². The molecule has 6 heteroatoms. The van der Waals surface area contributed by atoms with Crippen LogP contribution in [0.15, 0.2) is 12.3 Å². The molecule has 106 valence electrons. The predicted octanol–water partition coefficient (Wildman–Crippen LogP) is 1.49. The molecule has 0 aromatic carbocycles. The van der Waals surface area contributed by atoms with Crippen LogP contribution in [-0.2, 0) is 6.42 Å². The van der Waals surface area contributed by atoms with Gasteiger partial charge in [-0.25, -0.2) is 0 Å². The van der Waals surface area contributed by atoms with E-state index in [0.29, 0.717) is 17.8 Å². The molecule has 0 aliphatic rings. The van der Waals surface area contributed by atoms with Gasteiger partial charge in [0, 0.05) is 12.2 Å². The molecule has 2 heterocycles. The molecule has 2 aromatic heterocycles. The summed E-state index contributed by atoms with van der Waals surface area (Å²) in [5.41, 5.74) is 4.27. The maximum absolute atomic E-state index is 12.0. The van der Waals surface area contributed by atoms with Gasteiger partial charge in [0.25, 0.3) is 5.91 Å². The van der Waals surface area contributed by atoms with Crippen molar-refractivity contribution >= 4 is 5.91 Å². The van der Waals surface area contributed by atoms with Gasteiger partial charge in [-0.15, -0.1) is 0 Å². The highest BCUT2D eigenvalue weighted by atomic mass is 16.1. The van der Waals surface area contributed by atoms with E-state index in [9.17, 15) is 4.79 Å². The quantitative estimate of drug-likeness (QED) is 0.808. The predicted molar refractivity (Wildman–Crippen MR) is 75.5 cm³/mol. The number of nitrogens with one attached hydrogen (secondary N) is 2. The normalized spacial score (nSPS) is 10.6. The minimum absolute atomic E-state index is 0.0931. The largest absolute Gasteiger partial charge is 0.352 e. The smallest absolute Gasteiger partial charge is 0.253 e. The Bertz CT molecular complexity index is 605. The Hall–Kier alpha value is -2.24. The molecular formula is C14H19N5O. The van der Waals surface area contributed by atoms with Crippen molar-refractivity contribution in [2.24, 2.45) is 0 Å². The second-order valence-corrected chi connectivity index (χ2v) is 4.86. The molecule has 0 bridgehead atoms.